The molecule has 1 aromatic carbocycles. The Kier molecular flexibility index (Phi) is 6.74. The number of benzene rings is 1. The minimum Gasteiger partial charge on any atom is -0.454 e. The molecule has 0 aliphatic carbocycles. The number of hydrogen-bond acceptors (Lipinski definition) is 3. The predicted molar refractivity (Wildman–Crippen MR) is 67.4 cm³/mol. The van der Waals surface area contributed by atoms with Gasteiger partial charge in [0.05, 0.1) is 0 Å². The van der Waals surface area contributed by atoms with Gasteiger partial charge in [-0.1, -0.05) is 49.7 Å². The minimum atomic E-state index is -0.0862. The number of thioether (sulfide) groups is 1. The number of esters is 1. The molecule has 1 aromatic rings. The normalized spacial score (nSPS) is 10.1. The number of rotatable bonds is 7. The number of carbonyl (C=O) groups is 1. The van der Waals surface area contributed by atoms with E-state index in [4.69, 9.17) is 4.74 Å². The highest BCUT2D eigenvalue weighted by atomic mass is 32.2. The van der Waals surface area contributed by atoms with Crippen molar-refractivity contribution in [3.8, 4) is 0 Å². The SMILES string of the molecule is CCCCCC(=O)OCSc1ccccc1. The van der Waals surface area contributed by atoms with Crippen molar-refractivity contribution in [1.82, 2.24) is 0 Å². The highest BCUT2D eigenvalue weighted by Gasteiger charge is 2.02. The first-order valence-corrected chi connectivity index (χ1v) is 6.65. The summed E-state index contributed by atoms with van der Waals surface area (Å²) in [5.41, 5.74) is 0. The predicted octanol–water partition coefficient (Wildman–Crippen LogP) is 3.86. The van der Waals surface area contributed by atoms with Gasteiger partial charge in [0.1, 0.15) is 5.94 Å². The third kappa shape index (κ3) is 5.81. The van der Waals surface area contributed by atoms with Gasteiger partial charge >= 0.3 is 5.97 Å². The van der Waals surface area contributed by atoms with Crippen LogP contribution in [0.2, 0.25) is 0 Å². The molecule has 0 spiro atoms. The van der Waals surface area contributed by atoms with Gasteiger partial charge in [-0.15, -0.1) is 0 Å². The standard InChI is InChI=1S/C13H18O2S/c1-2-3-5-10-13(14)15-11-16-12-8-6-4-7-9-12/h4,6-9H,2-3,5,10-11H2,1H3. The van der Waals surface area contributed by atoms with E-state index < -0.39 is 0 Å². The van der Waals surface area contributed by atoms with Crippen molar-refractivity contribution in [2.75, 3.05) is 5.94 Å². The Balaban J connectivity index is 2.09. The largest absolute Gasteiger partial charge is 0.454 e. The molecule has 0 atom stereocenters. The number of ether oxygens (including phenoxy) is 1. The van der Waals surface area contributed by atoms with Crippen LogP contribution in [-0.4, -0.2) is 11.9 Å². The van der Waals surface area contributed by atoms with Crippen LogP contribution in [0.15, 0.2) is 35.2 Å². The van der Waals surface area contributed by atoms with Crippen molar-refractivity contribution in [2.45, 2.75) is 37.5 Å². The second kappa shape index (κ2) is 8.22. The summed E-state index contributed by atoms with van der Waals surface area (Å²) in [6.07, 6.45) is 3.71. The second-order valence-electron chi connectivity index (χ2n) is 3.55. The minimum absolute atomic E-state index is 0.0862. The molecule has 0 radical (unpaired) electrons. The molecule has 1 rings (SSSR count). The monoisotopic (exact) mass is 238 g/mol. The van der Waals surface area contributed by atoms with Gasteiger partial charge < -0.3 is 4.74 Å². The molecule has 0 saturated carbocycles. The van der Waals surface area contributed by atoms with E-state index in [1.807, 2.05) is 30.3 Å². The van der Waals surface area contributed by atoms with Crippen molar-refractivity contribution >= 4 is 17.7 Å². The van der Waals surface area contributed by atoms with Crippen molar-refractivity contribution in [3.63, 3.8) is 0 Å². The van der Waals surface area contributed by atoms with Gasteiger partial charge in [0.25, 0.3) is 0 Å². The molecule has 0 heterocycles. The van der Waals surface area contributed by atoms with Crippen LogP contribution < -0.4 is 0 Å². The van der Waals surface area contributed by atoms with E-state index in [0.29, 0.717) is 12.4 Å². The first kappa shape index (κ1) is 13.1. The zero-order chi connectivity index (χ0) is 11.6. The fourth-order valence-electron chi connectivity index (χ4n) is 1.27. The maximum absolute atomic E-state index is 11.3. The van der Waals surface area contributed by atoms with Gasteiger partial charge in [-0.05, 0) is 18.6 Å². The summed E-state index contributed by atoms with van der Waals surface area (Å²) in [6, 6.07) is 9.95. The van der Waals surface area contributed by atoms with Crippen LogP contribution in [0.4, 0.5) is 0 Å². The van der Waals surface area contributed by atoms with Gasteiger partial charge in [-0.3, -0.25) is 4.79 Å². The van der Waals surface area contributed by atoms with Gasteiger partial charge in [0.2, 0.25) is 0 Å². The molecule has 0 amide bonds. The summed E-state index contributed by atoms with van der Waals surface area (Å²) in [5, 5.41) is 0. The van der Waals surface area contributed by atoms with E-state index >= 15 is 0 Å². The van der Waals surface area contributed by atoms with Gasteiger partial charge in [-0.25, -0.2) is 0 Å². The summed E-state index contributed by atoms with van der Waals surface area (Å²) in [4.78, 5) is 12.4. The van der Waals surface area contributed by atoms with E-state index in [9.17, 15) is 4.79 Å². The van der Waals surface area contributed by atoms with Crippen LogP contribution in [0.25, 0.3) is 0 Å². The van der Waals surface area contributed by atoms with Crippen LogP contribution in [0.3, 0.4) is 0 Å². The summed E-state index contributed by atoms with van der Waals surface area (Å²) >= 11 is 1.54. The number of unbranched alkanes of at least 4 members (excludes halogenated alkanes) is 2. The van der Waals surface area contributed by atoms with Gasteiger partial charge in [0, 0.05) is 11.3 Å². The highest BCUT2D eigenvalue weighted by molar-refractivity contribution is 7.99. The molecule has 0 unspecified atom stereocenters. The lowest BCUT2D eigenvalue weighted by Crippen LogP contribution is -2.03. The Labute approximate surface area is 101 Å². The van der Waals surface area contributed by atoms with Crippen molar-refractivity contribution < 1.29 is 9.53 Å². The molecule has 0 fully saturated rings. The average molecular weight is 238 g/mol. The van der Waals surface area contributed by atoms with E-state index in [-0.39, 0.29) is 5.97 Å². The molecule has 16 heavy (non-hydrogen) atoms. The maximum atomic E-state index is 11.3. The Morgan fingerprint density at radius 3 is 2.69 bits per heavy atom. The second-order valence-corrected chi connectivity index (χ2v) is 4.54. The zero-order valence-corrected chi connectivity index (χ0v) is 10.5. The smallest absolute Gasteiger partial charge is 0.306 e. The number of carbonyl (C=O) groups excluding carboxylic acids is 1. The van der Waals surface area contributed by atoms with Gasteiger partial charge in [-0.2, -0.15) is 0 Å². The van der Waals surface area contributed by atoms with Crippen molar-refractivity contribution in [2.24, 2.45) is 0 Å². The summed E-state index contributed by atoms with van der Waals surface area (Å²) in [7, 11) is 0. The molecule has 2 nitrogen and oxygen atoms in total. The molecule has 88 valence electrons. The lowest BCUT2D eigenvalue weighted by molar-refractivity contribution is -0.141. The molecular weight excluding hydrogens is 220 g/mol. The van der Waals surface area contributed by atoms with Crippen LogP contribution in [0, 0.1) is 0 Å². The van der Waals surface area contributed by atoms with E-state index in [2.05, 4.69) is 6.92 Å². The Morgan fingerprint density at radius 1 is 1.25 bits per heavy atom. The molecule has 0 aliphatic heterocycles. The molecule has 0 aliphatic rings. The first-order chi connectivity index (χ1) is 7.83. The van der Waals surface area contributed by atoms with Gasteiger partial charge in [0.15, 0.2) is 0 Å². The van der Waals surface area contributed by atoms with Crippen LogP contribution in [0.5, 0.6) is 0 Å². The summed E-state index contributed by atoms with van der Waals surface area (Å²) in [5.74, 6) is 0.325. The lowest BCUT2D eigenvalue weighted by Gasteiger charge is -2.04. The quantitative estimate of drug-likeness (QED) is 0.312. The Hall–Kier alpha value is -0.960. The van der Waals surface area contributed by atoms with Crippen molar-refractivity contribution in [3.05, 3.63) is 30.3 Å². The van der Waals surface area contributed by atoms with Crippen LogP contribution >= 0.6 is 11.8 Å². The molecule has 0 saturated heterocycles. The first-order valence-electron chi connectivity index (χ1n) is 5.66. The number of hydrogen-bond donors (Lipinski definition) is 0. The highest BCUT2D eigenvalue weighted by Crippen LogP contribution is 2.17. The Bertz CT molecular complexity index is 298. The fourth-order valence-corrected chi connectivity index (χ4v) is 1.95. The lowest BCUT2D eigenvalue weighted by atomic mass is 10.2. The van der Waals surface area contributed by atoms with E-state index in [1.54, 1.807) is 11.8 Å². The third-order valence-corrected chi connectivity index (χ3v) is 3.01. The molecule has 0 bridgehead atoms. The zero-order valence-electron chi connectivity index (χ0n) is 9.65. The molecular formula is C13H18O2S. The molecule has 3 heteroatoms. The average Bonchev–Trinajstić information content (AvgIpc) is 2.31. The maximum Gasteiger partial charge on any atom is 0.306 e. The fraction of sp³-hybridized carbons (Fsp3) is 0.462. The summed E-state index contributed by atoms with van der Waals surface area (Å²) < 4.78 is 5.12. The van der Waals surface area contributed by atoms with E-state index in [0.717, 1.165) is 24.2 Å². The Morgan fingerprint density at radius 2 is 2.00 bits per heavy atom. The van der Waals surface area contributed by atoms with E-state index in [1.165, 1.54) is 0 Å². The van der Waals surface area contributed by atoms with Crippen LogP contribution in [-0.2, 0) is 9.53 Å². The van der Waals surface area contributed by atoms with Crippen molar-refractivity contribution in [1.29, 1.82) is 0 Å². The van der Waals surface area contributed by atoms with Crippen LogP contribution in [0.1, 0.15) is 32.6 Å². The topological polar surface area (TPSA) is 26.3 Å². The molecule has 0 N–H and O–H groups in total. The summed E-state index contributed by atoms with van der Waals surface area (Å²) in [6.45, 7) is 2.12. The molecule has 0 aromatic heterocycles. The third-order valence-electron chi connectivity index (χ3n) is 2.17.